The minimum absolute atomic E-state index is 0.000425. The quantitative estimate of drug-likeness (QED) is 0.563. The number of carbonyl (C=O) groups excluding carboxylic acids is 1. The Labute approximate surface area is 181 Å². The molecule has 30 heavy (non-hydrogen) atoms. The van der Waals surface area contributed by atoms with E-state index < -0.39 is 0 Å². The van der Waals surface area contributed by atoms with E-state index in [2.05, 4.69) is 35.4 Å². The van der Waals surface area contributed by atoms with Crippen molar-refractivity contribution in [2.75, 3.05) is 0 Å². The van der Waals surface area contributed by atoms with Crippen LogP contribution >= 0.6 is 12.2 Å². The fraction of sp³-hybridized carbons (Fsp3) is 0.435. The molecule has 1 atom stereocenters. The van der Waals surface area contributed by atoms with Crippen molar-refractivity contribution in [2.24, 2.45) is 5.41 Å². The van der Waals surface area contributed by atoms with Crippen LogP contribution in [-0.2, 0) is 17.8 Å². The number of aromatic amines is 1. The molecule has 7 heteroatoms. The molecule has 0 bridgehead atoms. The summed E-state index contributed by atoms with van der Waals surface area (Å²) in [7, 11) is 0. The summed E-state index contributed by atoms with van der Waals surface area (Å²) in [5, 5.41) is 10.4. The van der Waals surface area contributed by atoms with Crippen molar-refractivity contribution < 1.29 is 9.21 Å². The molecule has 4 rings (SSSR count). The molecule has 0 saturated heterocycles. The lowest BCUT2D eigenvalue weighted by molar-refractivity contribution is -0.122. The Hall–Kier alpha value is -2.67. The van der Waals surface area contributed by atoms with Gasteiger partial charge in [-0.2, -0.15) is 5.10 Å². The molecule has 1 unspecified atom stereocenters. The molecule has 0 saturated carbocycles. The number of hydrogen-bond donors (Lipinski definition) is 2. The van der Waals surface area contributed by atoms with E-state index in [4.69, 9.17) is 16.6 Å². The minimum Gasteiger partial charge on any atom is -0.466 e. The Kier molecular flexibility index (Phi) is 5.40. The summed E-state index contributed by atoms with van der Waals surface area (Å²) in [6.07, 6.45) is 2.12. The smallest absolute Gasteiger partial charge is 0.222 e. The molecule has 1 aromatic carbocycles. The van der Waals surface area contributed by atoms with Crippen molar-refractivity contribution in [3.05, 3.63) is 57.8 Å². The number of fused-ring (bicyclic) bond motifs is 1. The Morgan fingerprint density at radius 3 is 2.80 bits per heavy atom. The van der Waals surface area contributed by atoms with Crippen LogP contribution in [0.2, 0.25) is 0 Å². The van der Waals surface area contributed by atoms with Crippen molar-refractivity contribution in [3.8, 4) is 11.4 Å². The summed E-state index contributed by atoms with van der Waals surface area (Å²) in [6, 6.07) is 10.1. The topological polar surface area (TPSA) is 75.8 Å². The van der Waals surface area contributed by atoms with Crippen molar-refractivity contribution in [1.29, 1.82) is 0 Å². The Morgan fingerprint density at radius 1 is 1.33 bits per heavy atom. The highest BCUT2D eigenvalue weighted by molar-refractivity contribution is 7.71. The molecule has 3 aromatic rings. The van der Waals surface area contributed by atoms with Crippen molar-refractivity contribution in [1.82, 2.24) is 20.1 Å². The highest BCUT2D eigenvalue weighted by Gasteiger charge is 2.35. The maximum absolute atomic E-state index is 12.8. The number of benzene rings is 1. The Balaban J connectivity index is 1.47. The molecular weight excluding hydrogens is 396 g/mol. The minimum atomic E-state index is -0.0254. The summed E-state index contributed by atoms with van der Waals surface area (Å²) in [4.78, 5) is 12.8. The second-order valence-electron chi connectivity index (χ2n) is 9.02. The van der Waals surface area contributed by atoms with Crippen LogP contribution in [0.5, 0.6) is 0 Å². The van der Waals surface area contributed by atoms with E-state index in [0.29, 0.717) is 17.7 Å². The van der Waals surface area contributed by atoms with Gasteiger partial charge >= 0.3 is 0 Å². The first kappa shape index (κ1) is 20.6. The van der Waals surface area contributed by atoms with Gasteiger partial charge in [-0.25, -0.2) is 0 Å². The molecule has 1 aliphatic carbocycles. The second kappa shape index (κ2) is 7.87. The van der Waals surface area contributed by atoms with Crippen LogP contribution in [-0.4, -0.2) is 20.7 Å². The highest BCUT2D eigenvalue weighted by atomic mass is 32.1. The lowest BCUT2D eigenvalue weighted by Gasteiger charge is -2.34. The zero-order valence-electron chi connectivity index (χ0n) is 17.9. The second-order valence-corrected chi connectivity index (χ2v) is 9.41. The summed E-state index contributed by atoms with van der Waals surface area (Å²) in [5.74, 6) is 2.64. The normalized spacial score (nSPS) is 17.5. The van der Waals surface area contributed by atoms with E-state index in [1.54, 1.807) is 0 Å². The number of aryl methyl sites for hydroxylation is 2. The van der Waals surface area contributed by atoms with Gasteiger partial charge in [-0.3, -0.25) is 14.5 Å². The van der Waals surface area contributed by atoms with E-state index in [0.717, 1.165) is 41.3 Å². The zero-order valence-corrected chi connectivity index (χ0v) is 18.7. The molecule has 6 nitrogen and oxygen atoms in total. The molecule has 0 spiro atoms. The van der Waals surface area contributed by atoms with Gasteiger partial charge in [-0.15, -0.1) is 0 Å². The predicted octanol–water partition coefficient (Wildman–Crippen LogP) is 5.04. The number of nitrogens with zero attached hydrogens (tertiary/aromatic N) is 2. The molecule has 1 amide bonds. The summed E-state index contributed by atoms with van der Waals surface area (Å²) >= 11 is 5.40. The zero-order chi connectivity index (χ0) is 21.5. The van der Waals surface area contributed by atoms with Crippen molar-refractivity contribution in [2.45, 2.75) is 59.5 Å². The third-order valence-electron chi connectivity index (χ3n) is 5.70. The van der Waals surface area contributed by atoms with Crippen molar-refractivity contribution >= 4 is 18.1 Å². The first-order valence-electron chi connectivity index (χ1n) is 10.3. The Bertz CT molecular complexity index is 1120. The van der Waals surface area contributed by atoms with Gasteiger partial charge in [-0.05, 0) is 44.0 Å². The summed E-state index contributed by atoms with van der Waals surface area (Å²) in [6.45, 7) is 8.90. The lowest BCUT2D eigenvalue weighted by Crippen LogP contribution is -2.36. The fourth-order valence-corrected chi connectivity index (χ4v) is 4.46. The average Bonchev–Trinajstić information content (AvgIpc) is 3.21. The highest BCUT2D eigenvalue weighted by Crippen LogP contribution is 2.42. The third kappa shape index (κ3) is 4.26. The SMILES string of the molecule is Cc1ccc(-c2n[nH]c(=S)n2CCC(=O)NC2CC(C)(C)Cc3oc(C)cc32)cc1. The van der Waals surface area contributed by atoms with Gasteiger partial charge in [0.15, 0.2) is 10.6 Å². The Morgan fingerprint density at radius 2 is 2.07 bits per heavy atom. The van der Waals surface area contributed by atoms with E-state index in [1.165, 1.54) is 5.56 Å². The van der Waals surface area contributed by atoms with Crippen LogP contribution in [0.4, 0.5) is 0 Å². The molecule has 0 aliphatic heterocycles. The number of aromatic nitrogens is 3. The van der Waals surface area contributed by atoms with E-state index in [-0.39, 0.29) is 17.4 Å². The summed E-state index contributed by atoms with van der Waals surface area (Å²) < 4.78 is 8.28. The molecule has 2 aromatic heterocycles. The van der Waals surface area contributed by atoms with Crippen LogP contribution < -0.4 is 5.32 Å². The van der Waals surface area contributed by atoms with Gasteiger partial charge in [0.25, 0.3) is 0 Å². The number of nitrogens with one attached hydrogen (secondary N) is 2. The number of hydrogen-bond acceptors (Lipinski definition) is 4. The molecule has 2 N–H and O–H groups in total. The van der Waals surface area contributed by atoms with Gasteiger partial charge in [-0.1, -0.05) is 43.7 Å². The average molecular weight is 425 g/mol. The molecular formula is C23H28N4O2S. The van der Waals surface area contributed by atoms with Gasteiger partial charge < -0.3 is 9.73 Å². The predicted molar refractivity (Wildman–Crippen MR) is 119 cm³/mol. The maximum atomic E-state index is 12.8. The number of rotatable bonds is 5. The standard InChI is InChI=1S/C23H28N4O2S/c1-14-5-7-16(8-6-14)21-25-26-22(30)27(21)10-9-20(28)24-18-12-23(3,4)13-19-17(18)11-15(2)29-19/h5-8,11,18H,9-10,12-13H2,1-4H3,(H,24,28)(H,26,30). The largest absolute Gasteiger partial charge is 0.466 e. The first-order valence-corrected chi connectivity index (χ1v) is 10.7. The molecule has 2 heterocycles. The molecule has 0 radical (unpaired) electrons. The van der Waals surface area contributed by atoms with Crippen molar-refractivity contribution in [3.63, 3.8) is 0 Å². The van der Waals surface area contributed by atoms with Crippen LogP contribution in [0.1, 0.15) is 55.4 Å². The van der Waals surface area contributed by atoms with Crippen LogP contribution in [0.25, 0.3) is 11.4 Å². The summed E-state index contributed by atoms with van der Waals surface area (Å²) in [5.41, 5.74) is 3.35. The van der Waals surface area contributed by atoms with Crippen LogP contribution in [0, 0.1) is 24.0 Å². The number of amides is 1. The van der Waals surface area contributed by atoms with Crippen LogP contribution in [0.3, 0.4) is 0 Å². The number of carbonyl (C=O) groups is 1. The third-order valence-corrected chi connectivity index (χ3v) is 6.01. The monoisotopic (exact) mass is 424 g/mol. The van der Waals surface area contributed by atoms with Gasteiger partial charge in [0.2, 0.25) is 5.91 Å². The van der Waals surface area contributed by atoms with Gasteiger partial charge in [0.1, 0.15) is 11.5 Å². The number of furan rings is 1. The molecule has 1 aliphatic rings. The van der Waals surface area contributed by atoms with E-state index in [1.807, 2.05) is 42.7 Å². The lowest BCUT2D eigenvalue weighted by atomic mass is 9.74. The van der Waals surface area contributed by atoms with Gasteiger partial charge in [0, 0.05) is 30.5 Å². The number of H-pyrrole nitrogens is 1. The van der Waals surface area contributed by atoms with E-state index >= 15 is 0 Å². The van der Waals surface area contributed by atoms with E-state index in [9.17, 15) is 4.79 Å². The van der Waals surface area contributed by atoms with Crippen LogP contribution in [0.15, 0.2) is 34.7 Å². The fourth-order valence-electron chi connectivity index (χ4n) is 4.24. The van der Waals surface area contributed by atoms with Gasteiger partial charge in [0.05, 0.1) is 6.04 Å². The molecule has 0 fully saturated rings. The molecule has 158 valence electrons. The first-order chi connectivity index (χ1) is 14.2. The maximum Gasteiger partial charge on any atom is 0.222 e.